The molecule has 3 aromatic rings. The average Bonchev–Trinajstić information content (AvgIpc) is 3.53. The van der Waals surface area contributed by atoms with Gasteiger partial charge in [-0.3, -0.25) is 4.79 Å². The fraction of sp³-hybridized carbons (Fsp3) is 0.414. The second kappa shape index (κ2) is 10.7. The summed E-state index contributed by atoms with van der Waals surface area (Å²) in [6.07, 6.45) is 5.33. The molecule has 0 spiro atoms. The van der Waals surface area contributed by atoms with Crippen molar-refractivity contribution in [3.63, 3.8) is 0 Å². The maximum absolute atomic E-state index is 13.1. The van der Waals surface area contributed by atoms with E-state index < -0.39 is 0 Å². The molecule has 6 heteroatoms. The number of hydrogen-bond acceptors (Lipinski definition) is 5. The summed E-state index contributed by atoms with van der Waals surface area (Å²) in [5.74, 6) is 2.43. The lowest BCUT2D eigenvalue weighted by atomic mass is 10.0. The van der Waals surface area contributed by atoms with Gasteiger partial charge in [0.05, 0.1) is 12.6 Å². The zero-order chi connectivity index (χ0) is 24.2. The smallest absolute Gasteiger partial charge is 0.252 e. The van der Waals surface area contributed by atoms with E-state index in [1.807, 2.05) is 62.4 Å². The van der Waals surface area contributed by atoms with Crippen LogP contribution in [0.25, 0.3) is 11.3 Å². The number of nitrogens with one attached hydrogen (secondary N) is 3. The van der Waals surface area contributed by atoms with Crippen LogP contribution in [0.2, 0.25) is 0 Å². The zero-order valence-electron chi connectivity index (χ0n) is 20.6. The number of carbonyl (C=O) groups excluding carboxylic acids is 1. The molecule has 35 heavy (non-hydrogen) atoms. The molecule has 2 fully saturated rings. The van der Waals surface area contributed by atoms with Crippen molar-refractivity contribution in [3.8, 4) is 17.1 Å². The van der Waals surface area contributed by atoms with Crippen LogP contribution in [0.3, 0.4) is 0 Å². The quantitative estimate of drug-likeness (QED) is 0.402. The third-order valence-corrected chi connectivity index (χ3v) is 7.10. The number of rotatable bonds is 9. The maximum atomic E-state index is 13.1. The third-order valence-electron chi connectivity index (χ3n) is 7.10. The monoisotopic (exact) mass is 473 g/mol. The molecule has 1 unspecified atom stereocenters. The van der Waals surface area contributed by atoms with Crippen molar-refractivity contribution in [2.75, 3.05) is 13.1 Å². The Labute approximate surface area is 207 Å². The lowest BCUT2D eigenvalue weighted by Crippen LogP contribution is -2.50. The molecule has 1 atom stereocenters. The number of furan rings is 1. The van der Waals surface area contributed by atoms with Crippen LogP contribution in [0.4, 0.5) is 0 Å². The van der Waals surface area contributed by atoms with Crippen LogP contribution in [-0.4, -0.2) is 31.1 Å². The molecule has 2 aromatic carbocycles. The Hall–Kier alpha value is -3.09. The van der Waals surface area contributed by atoms with Crippen LogP contribution in [0.15, 0.2) is 59.0 Å². The van der Waals surface area contributed by atoms with Gasteiger partial charge in [-0.05, 0) is 68.1 Å². The Bertz CT molecular complexity index is 1160. The van der Waals surface area contributed by atoms with Gasteiger partial charge < -0.3 is 25.1 Å². The van der Waals surface area contributed by atoms with Crippen molar-refractivity contribution in [2.45, 2.75) is 64.3 Å². The molecular formula is C29H35N3O3. The van der Waals surface area contributed by atoms with Gasteiger partial charge >= 0.3 is 0 Å². The van der Waals surface area contributed by atoms with Gasteiger partial charge in [0.1, 0.15) is 23.4 Å². The Morgan fingerprint density at radius 3 is 2.71 bits per heavy atom. The van der Waals surface area contributed by atoms with Crippen molar-refractivity contribution in [1.29, 1.82) is 0 Å². The van der Waals surface area contributed by atoms with E-state index in [2.05, 4.69) is 22.0 Å². The van der Waals surface area contributed by atoms with Crippen molar-refractivity contribution in [2.24, 2.45) is 0 Å². The fourth-order valence-electron chi connectivity index (χ4n) is 4.78. The minimum Gasteiger partial charge on any atom is -0.488 e. The number of benzene rings is 2. The normalized spacial score (nSPS) is 17.2. The zero-order valence-corrected chi connectivity index (χ0v) is 20.6. The van der Waals surface area contributed by atoms with Gasteiger partial charge in [-0.1, -0.05) is 37.1 Å². The summed E-state index contributed by atoms with van der Waals surface area (Å²) in [6.45, 7) is 6.40. The van der Waals surface area contributed by atoms with Gasteiger partial charge in [-0.25, -0.2) is 0 Å². The standard InChI is InChI=1S/C29H35N3O3/c1-19-10-11-24(34-26-16-30-17-26)15-27(19)29(33)32-20(2)21-6-5-7-22(14-21)28-13-12-25(35-28)18-31-23-8-3-4-9-23/h5-7,10-15,20,23,26,30-31H,3-4,8-9,16-18H2,1-2H3,(H,32,33). The Morgan fingerprint density at radius 2 is 1.94 bits per heavy atom. The van der Waals surface area contributed by atoms with E-state index in [0.29, 0.717) is 11.6 Å². The second-order valence-corrected chi connectivity index (χ2v) is 9.82. The summed E-state index contributed by atoms with van der Waals surface area (Å²) in [7, 11) is 0. The van der Waals surface area contributed by atoms with Crippen molar-refractivity contribution in [1.82, 2.24) is 16.0 Å². The topological polar surface area (TPSA) is 75.5 Å². The third kappa shape index (κ3) is 5.77. The van der Waals surface area contributed by atoms with E-state index in [1.54, 1.807) is 0 Å². The Balaban J connectivity index is 1.23. The van der Waals surface area contributed by atoms with Crippen LogP contribution in [0, 0.1) is 6.92 Å². The minimum absolute atomic E-state index is 0.101. The molecule has 1 saturated heterocycles. The van der Waals surface area contributed by atoms with Gasteiger partial charge in [0.15, 0.2) is 0 Å². The molecule has 184 valence electrons. The highest BCUT2D eigenvalue weighted by molar-refractivity contribution is 5.96. The SMILES string of the molecule is Cc1ccc(OC2CNC2)cc1C(=O)NC(C)c1cccc(-c2ccc(CNC3CCCC3)o2)c1. The number of aryl methyl sites for hydroxylation is 1. The number of carbonyl (C=O) groups is 1. The first-order chi connectivity index (χ1) is 17.0. The molecule has 0 bridgehead atoms. The Kier molecular flexibility index (Phi) is 7.21. The fourth-order valence-corrected chi connectivity index (χ4v) is 4.78. The first kappa shape index (κ1) is 23.6. The minimum atomic E-state index is -0.152. The lowest BCUT2D eigenvalue weighted by Gasteiger charge is -2.28. The molecule has 1 aliphatic heterocycles. The highest BCUT2D eigenvalue weighted by Crippen LogP contribution is 2.27. The molecule has 1 aliphatic carbocycles. The Morgan fingerprint density at radius 1 is 1.11 bits per heavy atom. The summed E-state index contributed by atoms with van der Waals surface area (Å²) >= 11 is 0. The predicted molar refractivity (Wildman–Crippen MR) is 138 cm³/mol. The van der Waals surface area contributed by atoms with Crippen LogP contribution < -0.4 is 20.7 Å². The first-order valence-corrected chi connectivity index (χ1v) is 12.8. The van der Waals surface area contributed by atoms with E-state index in [0.717, 1.165) is 53.6 Å². The highest BCUT2D eigenvalue weighted by atomic mass is 16.5. The van der Waals surface area contributed by atoms with Gasteiger partial charge in [0, 0.05) is 30.3 Å². The van der Waals surface area contributed by atoms with Gasteiger partial charge in [0.2, 0.25) is 0 Å². The molecule has 0 radical (unpaired) electrons. The van der Waals surface area contributed by atoms with Crippen LogP contribution in [0.5, 0.6) is 5.75 Å². The van der Waals surface area contributed by atoms with E-state index in [-0.39, 0.29) is 18.1 Å². The molecule has 1 amide bonds. The summed E-state index contributed by atoms with van der Waals surface area (Å²) in [5, 5.41) is 9.95. The summed E-state index contributed by atoms with van der Waals surface area (Å²) < 4.78 is 12.1. The number of amides is 1. The lowest BCUT2D eigenvalue weighted by molar-refractivity contribution is 0.0937. The molecule has 5 rings (SSSR count). The van der Waals surface area contributed by atoms with E-state index in [4.69, 9.17) is 9.15 Å². The van der Waals surface area contributed by atoms with E-state index in [9.17, 15) is 4.79 Å². The van der Waals surface area contributed by atoms with Crippen molar-refractivity contribution >= 4 is 5.91 Å². The molecule has 2 aliphatic rings. The van der Waals surface area contributed by atoms with Crippen LogP contribution >= 0.6 is 0 Å². The largest absolute Gasteiger partial charge is 0.488 e. The second-order valence-electron chi connectivity index (χ2n) is 9.82. The van der Waals surface area contributed by atoms with Crippen molar-refractivity contribution in [3.05, 3.63) is 77.0 Å². The molecular weight excluding hydrogens is 438 g/mol. The number of ether oxygens (including phenoxy) is 1. The molecule has 2 heterocycles. The van der Waals surface area contributed by atoms with Crippen molar-refractivity contribution < 1.29 is 13.9 Å². The predicted octanol–water partition coefficient (Wildman–Crippen LogP) is 5.13. The van der Waals surface area contributed by atoms with Gasteiger partial charge in [0.25, 0.3) is 5.91 Å². The van der Waals surface area contributed by atoms with E-state index in [1.165, 1.54) is 25.7 Å². The molecule has 6 nitrogen and oxygen atoms in total. The van der Waals surface area contributed by atoms with Crippen LogP contribution in [-0.2, 0) is 6.54 Å². The maximum Gasteiger partial charge on any atom is 0.252 e. The number of hydrogen-bond donors (Lipinski definition) is 3. The average molecular weight is 474 g/mol. The first-order valence-electron chi connectivity index (χ1n) is 12.8. The molecule has 1 aromatic heterocycles. The molecule has 3 N–H and O–H groups in total. The van der Waals surface area contributed by atoms with E-state index >= 15 is 0 Å². The van der Waals surface area contributed by atoms with Gasteiger partial charge in [-0.2, -0.15) is 0 Å². The summed E-state index contributed by atoms with van der Waals surface area (Å²) in [5.41, 5.74) is 3.61. The summed E-state index contributed by atoms with van der Waals surface area (Å²) in [6, 6.07) is 18.4. The van der Waals surface area contributed by atoms with Gasteiger partial charge in [-0.15, -0.1) is 0 Å². The summed E-state index contributed by atoms with van der Waals surface area (Å²) in [4.78, 5) is 13.1. The van der Waals surface area contributed by atoms with Crippen LogP contribution in [0.1, 0.15) is 65.9 Å². The highest BCUT2D eigenvalue weighted by Gasteiger charge is 2.20. The molecule has 1 saturated carbocycles.